The van der Waals surface area contributed by atoms with Crippen LogP contribution in [0.1, 0.15) is 20.1 Å². The van der Waals surface area contributed by atoms with Crippen LogP contribution in [0.25, 0.3) is 0 Å². The van der Waals surface area contributed by atoms with E-state index < -0.39 is 10.8 Å². The van der Waals surface area contributed by atoms with Crippen molar-refractivity contribution < 1.29 is 9.72 Å². The van der Waals surface area contributed by atoms with Crippen molar-refractivity contribution in [1.29, 1.82) is 0 Å². The van der Waals surface area contributed by atoms with Gasteiger partial charge < -0.3 is 0 Å². The monoisotopic (exact) mass is 367 g/mol. The Labute approximate surface area is 132 Å². The van der Waals surface area contributed by atoms with Crippen molar-refractivity contribution in [2.45, 2.75) is 6.92 Å². The van der Waals surface area contributed by atoms with Gasteiger partial charge in [0.2, 0.25) is 0 Å². The van der Waals surface area contributed by atoms with Crippen LogP contribution in [0.5, 0.6) is 0 Å². The number of amides is 1. The van der Waals surface area contributed by atoms with Gasteiger partial charge >= 0.3 is 0 Å². The Hall–Kier alpha value is -2.06. The second-order valence-corrected chi connectivity index (χ2v) is 6.20. The molecule has 0 saturated heterocycles. The second-order valence-electron chi connectivity index (χ2n) is 4.06. The highest BCUT2D eigenvalue weighted by atomic mass is 79.9. The number of nitro benzene ring substituents is 1. The number of aryl methyl sites for hydroxylation is 1. The van der Waals surface area contributed by atoms with Gasteiger partial charge in [-0.25, -0.2) is 5.43 Å². The zero-order valence-electron chi connectivity index (χ0n) is 10.9. The van der Waals surface area contributed by atoms with Gasteiger partial charge in [0, 0.05) is 31.9 Å². The molecule has 6 nitrogen and oxygen atoms in total. The Morgan fingerprint density at radius 3 is 2.62 bits per heavy atom. The molecule has 8 heteroatoms. The van der Waals surface area contributed by atoms with Crippen LogP contribution >= 0.6 is 27.3 Å². The summed E-state index contributed by atoms with van der Waals surface area (Å²) in [5, 5.41) is 14.4. The van der Waals surface area contributed by atoms with Crippen LogP contribution < -0.4 is 5.43 Å². The summed E-state index contributed by atoms with van der Waals surface area (Å²) in [6.07, 6.45) is 1.55. The molecule has 1 aromatic heterocycles. The first kappa shape index (κ1) is 15.3. The van der Waals surface area contributed by atoms with Crippen molar-refractivity contribution in [3.63, 3.8) is 0 Å². The summed E-state index contributed by atoms with van der Waals surface area (Å²) in [6.45, 7) is 1.97. The predicted octanol–water partition coefficient (Wildman–Crippen LogP) is 3.49. The van der Waals surface area contributed by atoms with Gasteiger partial charge in [-0.15, -0.1) is 11.3 Å². The molecule has 0 saturated carbocycles. The lowest BCUT2D eigenvalue weighted by Gasteiger charge is -1.98. The topological polar surface area (TPSA) is 84.6 Å². The molecular weight excluding hydrogens is 358 g/mol. The number of carbonyl (C=O) groups excluding carboxylic acids is 1. The summed E-state index contributed by atoms with van der Waals surface area (Å²) >= 11 is 4.94. The van der Waals surface area contributed by atoms with Crippen LogP contribution in [0.2, 0.25) is 0 Å². The predicted molar refractivity (Wildman–Crippen MR) is 84.9 cm³/mol. The van der Waals surface area contributed by atoms with Crippen molar-refractivity contribution in [2.24, 2.45) is 5.10 Å². The number of rotatable bonds is 4. The largest absolute Gasteiger partial charge is 0.271 e. The average Bonchev–Trinajstić information content (AvgIpc) is 2.77. The van der Waals surface area contributed by atoms with Gasteiger partial charge in [0.15, 0.2) is 0 Å². The van der Waals surface area contributed by atoms with Crippen molar-refractivity contribution >= 4 is 45.1 Å². The molecule has 1 heterocycles. The molecule has 0 bridgehead atoms. The Morgan fingerprint density at radius 2 is 2.10 bits per heavy atom. The number of hydrogen-bond donors (Lipinski definition) is 1. The summed E-state index contributed by atoms with van der Waals surface area (Å²) in [4.78, 5) is 23.8. The molecule has 2 aromatic rings. The van der Waals surface area contributed by atoms with E-state index in [2.05, 4.69) is 26.5 Å². The van der Waals surface area contributed by atoms with Gasteiger partial charge in [-0.1, -0.05) is 0 Å². The fourth-order valence-electron chi connectivity index (χ4n) is 1.50. The number of non-ortho nitro benzene ring substituents is 1. The Bertz CT molecular complexity index is 690. The van der Waals surface area contributed by atoms with E-state index in [4.69, 9.17) is 0 Å². The van der Waals surface area contributed by atoms with Crippen LogP contribution in [-0.2, 0) is 0 Å². The number of carbonyl (C=O) groups is 1. The zero-order chi connectivity index (χ0) is 15.4. The lowest BCUT2D eigenvalue weighted by molar-refractivity contribution is -0.384. The van der Waals surface area contributed by atoms with E-state index in [1.165, 1.54) is 24.3 Å². The summed E-state index contributed by atoms with van der Waals surface area (Å²) in [5.74, 6) is -0.423. The van der Waals surface area contributed by atoms with Crippen molar-refractivity contribution in [3.8, 4) is 0 Å². The molecular formula is C13H10BrN3O3S. The van der Waals surface area contributed by atoms with Crippen LogP contribution in [0.3, 0.4) is 0 Å². The van der Waals surface area contributed by atoms with Gasteiger partial charge in [-0.2, -0.15) is 5.10 Å². The van der Waals surface area contributed by atoms with E-state index in [1.54, 1.807) is 17.6 Å². The highest BCUT2D eigenvalue weighted by Crippen LogP contribution is 2.24. The number of nitrogens with zero attached hydrogens (tertiary/aromatic N) is 2. The number of nitro groups is 1. The van der Waals surface area contributed by atoms with Gasteiger partial charge in [0.25, 0.3) is 11.6 Å². The highest BCUT2D eigenvalue weighted by Gasteiger charge is 2.08. The maximum Gasteiger partial charge on any atom is 0.271 e. The smallest absolute Gasteiger partial charge is 0.267 e. The van der Waals surface area contributed by atoms with Crippen LogP contribution in [0.4, 0.5) is 5.69 Å². The average molecular weight is 368 g/mol. The summed E-state index contributed by atoms with van der Waals surface area (Å²) in [7, 11) is 0. The third-order valence-electron chi connectivity index (χ3n) is 2.57. The molecule has 0 fully saturated rings. The quantitative estimate of drug-likeness (QED) is 0.509. The fourth-order valence-corrected chi connectivity index (χ4v) is 2.93. The minimum absolute atomic E-state index is 0.0611. The van der Waals surface area contributed by atoms with Gasteiger partial charge in [0.1, 0.15) is 0 Å². The Balaban J connectivity index is 1.99. The Morgan fingerprint density at radius 1 is 1.43 bits per heavy atom. The van der Waals surface area contributed by atoms with Crippen molar-refractivity contribution in [1.82, 2.24) is 5.43 Å². The normalized spacial score (nSPS) is 10.8. The minimum atomic E-state index is -0.517. The zero-order valence-corrected chi connectivity index (χ0v) is 13.3. The summed E-state index contributed by atoms with van der Waals surface area (Å²) in [5.41, 5.74) is 2.62. The molecule has 108 valence electrons. The van der Waals surface area contributed by atoms with Crippen molar-refractivity contribution in [3.05, 3.63) is 60.2 Å². The SMILES string of the molecule is Cc1sc(/C=N/NC(=O)c2ccc([N+](=O)[O-])cc2)cc1Br. The first-order valence-electron chi connectivity index (χ1n) is 5.81. The number of thiophene rings is 1. The first-order valence-corrected chi connectivity index (χ1v) is 7.42. The van der Waals surface area contributed by atoms with Crippen LogP contribution in [-0.4, -0.2) is 17.0 Å². The molecule has 0 atom stereocenters. The van der Waals surface area contributed by atoms with Gasteiger partial charge in [-0.3, -0.25) is 14.9 Å². The fraction of sp³-hybridized carbons (Fsp3) is 0.0769. The molecule has 0 aliphatic heterocycles. The molecule has 1 aromatic carbocycles. The van der Waals surface area contributed by atoms with Gasteiger partial charge in [-0.05, 0) is 41.1 Å². The minimum Gasteiger partial charge on any atom is -0.267 e. The third kappa shape index (κ3) is 3.96. The molecule has 1 N–H and O–H groups in total. The molecule has 1 amide bonds. The number of benzene rings is 1. The number of hydrazone groups is 1. The van der Waals surface area contributed by atoms with Crippen molar-refractivity contribution in [2.75, 3.05) is 0 Å². The van der Waals surface area contributed by atoms with E-state index in [1.807, 2.05) is 13.0 Å². The molecule has 2 rings (SSSR count). The maximum atomic E-state index is 11.8. The van der Waals surface area contributed by atoms with E-state index in [-0.39, 0.29) is 5.69 Å². The lowest BCUT2D eigenvalue weighted by atomic mass is 10.2. The first-order chi connectivity index (χ1) is 9.97. The number of halogens is 1. The number of hydrogen-bond acceptors (Lipinski definition) is 5. The standard InChI is InChI=1S/C13H10BrN3O3S/c1-8-12(14)6-11(21-8)7-15-16-13(18)9-2-4-10(5-3-9)17(19)20/h2-7H,1H3,(H,16,18)/b15-7+. The molecule has 0 unspecified atom stereocenters. The van der Waals surface area contributed by atoms with E-state index >= 15 is 0 Å². The molecule has 0 aliphatic rings. The summed E-state index contributed by atoms with van der Waals surface area (Å²) in [6, 6.07) is 7.22. The summed E-state index contributed by atoms with van der Waals surface area (Å²) < 4.78 is 0.996. The molecule has 21 heavy (non-hydrogen) atoms. The molecule has 0 spiro atoms. The third-order valence-corrected chi connectivity index (χ3v) is 4.65. The molecule has 0 aliphatic carbocycles. The number of nitrogens with one attached hydrogen (secondary N) is 1. The lowest BCUT2D eigenvalue weighted by Crippen LogP contribution is -2.17. The van der Waals surface area contributed by atoms with Gasteiger partial charge in [0.05, 0.1) is 11.1 Å². The van der Waals surface area contributed by atoms with Crippen LogP contribution in [0, 0.1) is 17.0 Å². The maximum absolute atomic E-state index is 11.8. The van der Waals surface area contributed by atoms with E-state index in [0.29, 0.717) is 5.56 Å². The van der Waals surface area contributed by atoms with Crippen LogP contribution in [0.15, 0.2) is 39.9 Å². The van der Waals surface area contributed by atoms with E-state index in [9.17, 15) is 14.9 Å². The Kier molecular flexibility index (Phi) is 4.81. The highest BCUT2D eigenvalue weighted by molar-refractivity contribution is 9.10. The molecule has 0 radical (unpaired) electrons. The second kappa shape index (κ2) is 6.59. The van der Waals surface area contributed by atoms with E-state index in [0.717, 1.165) is 14.2 Å².